The van der Waals surface area contributed by atoms with Gasteiger partial charge in [-0.1, -0.05) is 30.7 Å². The Kier molecular flexibility index (Phi) is 6.12. The summed E-state index contributed by atoms with van der Waals surface area (Å²) in [6, 6.07) is 13.8. The van der Waals surface area contributed by atoms with Crippen LogP contribution in [0.4, 0.5) is 10.2 Å². The molecular weight excluding hydrogens is 469 g/mol. The van der Waals surface area contributed by atoms with Gasteiger partial charge in [-0.25, -0.2) is 9.37 Å². The molecule has 4 aromatic rings. The van der Waals surface area contributed by atoms with Crippen LogP contribution in [0.15, 0.2) is 54.7 Å². The summed E-state index contributed by atoms with van der Waals surface area (Å²) in [5, 5.41) is 12.5. The van der Waals surface area contributed by atoms with Crippen LogP contribution in [0.1, 0.15) is 19.8 Å². The molecule has 10 heteroatoms. The number of hydrogen-bond donors (Lipinski definition) is 2. The quantitative estimate of drug-likeness (QED) is 0.424. The molecule has 2 aromatic carbocycles. The first-order valence-electron chi connectivity index (χ1n) is 11.5. The lowest BCUT2D eigenvalue weighted by Crippen LogP contribution is -2.61. The maximum Gasteiger partial charge on any atom is 0.237 e. The number of primary amides is 1. The van der Waals surface area contributed by atoms with Crippen molar-refractivity contribution in [3.05, 3.63) is 65.6 Å². The number of aromatic nitrogens is 4. The lowest BCUT2D eigenvalue weighted by Gasteiger charge is -2.40. The zero-order chi connectivity index (χ0) is 24.6. The predicted molar refractivity (Wildman–Crippen MR) is 134 cm³/mol. The van der Waals surface area contributed by atoms with Gasteiger partial charge < -0.3 is 16.0 Å². The number of amides is 1. The largest absolute Gasteiger partial charge is 0.368 e. The third-order valence-corrected chi connectivity index (χ3v) is 6.81. The van der Waals surface area contributed by atoms with Gasteiger partial charge in [0.1, 0.15) is 22.7 Å². The predicted octanol–water partition coefficient (Wildman–Crippen LogP) is 3.71. The molecule has 3 N–H and O–H groups in total. The molecule has 5 rings (SSSR count). The van der Waals surface area contributed by atoms with Crippen molar-refractivity contribution in [2.75, 3.05) is 24.5 Å². The molecule has 0 aliphatic carbocycles. The second-order valence-corrected chi connectivity index (χ2v) is 9.03. The number of nitrogens with zero attached hydrogens (tertiary/aromatic N) is 5. The van der Waals surface area contributed by atoms with E-state index in [2.05, 4.69) is 20.4 Å². The second-order valence-electron chi connectivity index (χ2n) is 8.59. The highest BCUT2D eigenvalue weighted by molar-refractivity contribution is 6.30. The molecule has 2 aromatic heterocycles. The fourth-order valence-electron chi connectivity index (χ4n) is 4.74. The molecule has 1 saturated heterocycles. The van der Waals surface area contributed by atoms with Gasteiger partial charge in [-0.15, -0.1) is 5.10 Å². The maximum absolute atomic E-state index is 14.9. The summed E-state index contributed by atoms with van der Waals surface area (Å²) in [6.07, 6.45) is 2.69. The molecule has 0 bridgehead atoms. The van der Waals surface area contributed by atoms with Crippen molar-refractivity contribution in [1.82, 2.24) is 25.1 Å². The Morgan fingerprint density at radius 2 is 1.89 bits per heavy atom. The maximum atomic E-state index is 14.9. The Morgan fingerprint density at radius 3 is 2.54 bits per heavy atom. The topological polar surface area (TPSA) is 102 Å². The molecule has 1 aliphatic heterocycles. The molecule has 0 radical (unpaired) electrons. The van der Waals surface area contributed by atoms with Crippen LogP contribution >= 0.6 is 11.6 Å². The number of rotatable bonds is 6. The molecule has 8 nitrogen and oxygen atoms in total. The van der Waals surface area contributed by atoms with Gasteiger partial charge in [0.05, 0.1) is 17.3 Å². The van der Waals surface area contributed by atoms with Crippen LogP contribution in [0.2, 0.25) is 5.02 Å². The minimum absolute atomic E-state index is 0.350. The van der Waals surface area contributed by atoms with Crippen LogP contribution in [0.5, 0.6) is 0 Å². The number of carbonyl (C=O) groups excluding carboxylic acids is 1. The van der Waals surface area contributed by atoms with Crippen molar-refractivity contribution >= 4 is 34.4 Å². The Balaban J connectivity index is 1.63. The van der Waals surface area contributed by atoms with Crippen molar-refractivity contribution in [3.8, 4) is 17.1 Å². The van der Waals surface area contributed by atoms with E-state index in [0.29, 0.717) is 65.7 Å². The summed E-state index contributed by atoms with van der Waals surface area (Å²) in [7, 11) is 0. The fourth-order valence-corrected chi connectivity index (χ4v) is 4.86. The van der Waals surface area contributed by atoms with Gasteiger partial charge in [-0.05, 0) is 55.8 Å². The van der Waals surface area contributed by atoms with E-state index in [1.807, 2.05) is 23.6 Å². The molecule has 0 spiro atoms. The van der Waals surface area contributed by atoms with Gasteiger partial charge in [0.2, 0.25) is 5.91 Å². The molecular formula is C25H25ClFN7O. The number of anilines is 1. The molecule has 1 amide bonds. The zero-order valence-electron chi connectivity index (χ0n) is 19.2. The number of likely N-dealkylation sites (N-methyl/N-ethyl adjacent to an activating group) is 1. The molecule has 1 aliphatic rings. The molecule has 35 heavy (non-hydrogen) atoms. The number of benzene rings is 2. The minimum atomic E-state index is -0.742. The lowest BCUT2D eigenvalue weighted by molar-refractivity contribution is -0.125. The van der Waals surface area contributed by atoms with Crippen LogP contribution in [-0.2, 0) is 4.79 Å². The summed E-state index contributed by atoms with van der Waals surface area (Å²) >= 11 is 6.12. The smallest absolute Gasteiger partial charge is 0.237 e. The van der Waals surface area contributed by atoms with E-state index >= 15 is 0 Å². The number of hydrogen-bond acceptors (Lipinski definition) is 6. The summed E-state index contributed by atoms with van der Waals surface area (Å²) in [6.45, 7) is 3.70. The normalized spacial score (nSPS) is 15.5. The molecule has 3 heterocycles. The van der Waals surface area contributed by atoms with Crippen molar-refractivity contribution in [1.29, 1.82) is 0 Å². The second kappa shape index (κ2) is 9.24. The van der Waals surface area contributed by atoms with E-state index in [0.717, 1.165) is 5.69 Å². The monoisotopic (exact) mass is 493 g/mol. The average molecular weight is 494 g/mol. The SMILES string of the molecule is CCNC1(C(N)=O)CCN(c2nncc3c2nc(-c2ccccc2F)n3-c2ccc(Cl)cc2)CC1. The molecule has 0 atom stereocenters. The van der Waals surface area contributed by atoms with Gasteiger partial charge >= 0.3 is 0 Å². The highest BCUT2D eigenvalue weighted by atomic mass is 35.5. The van der Waals surface area contributed by atoms with Crippen LogP contribution in [0.3, 0.4) is 0 Å². The van der Waals surface area contributed by atoms with Gasteiger partial charge in [0.15, 0.2) is 5.82 Å². The van der Waals surface area contributed by atoms with Gasteiger partial charge in [0, 0.05) is 23.8 Å². The third-order valence-electron chi connectivity index (χ3n) is 6.56. The number of nitrogens with one attached hydrogen (secondary N) is 1. The molecule has 180 valence electrons. The highest BCUT2D eigenvalue weighted by Gasteiger charge is 2.40. The van der Waals surface area contributed by atoms with Crippen molar-refractivity contribution in [2.45, 2.75) is 25.3 Å². The van der Waals surface area contributed by atoms with E-state index in [4.69, 9.17) is 22.3 Å². The zero-order valence-corrected chi connectivity index (χ0v) is 20.0. The van der Waals surface area contributed by atoms with Crippen LogP contribution in [0, 0.1) is 5.82 Å². The first-order chi connectivity index (χ1) is 16.9. The minimum Gasteiger partial charge on any atom is -0.368 e. The Labute approximate surface area is 206 Å². The summed E-state index contributed by atoms with van der Waals surface area (Å²) < 4.78 is 16.7. The summed E-state index contributed by atoms with van der Waals surface area (Å²) in [5.41, 5.74) is 7.41. The summed E-state index contributed by atoms with van der Waals surface area (Å²) in [4.78, 5) is 19.1. The Bertz CT molecular complexity index is 1380. The van der Waals surface area contributed by atoms with Crippen molar-refractivity contribution in [2.24, 2.45) is 5.73 Å². The Hall–Kier alpha value is -3.56. The van der Waals surface area contributed by atoms with Gasteiger partial charge in [0.25, 0.3) is 0 Å². The van der Waals surface area contributed by atoms with Crippen LogP contribution < -0.4 is 16.0 Å². The summed E-state index contributed by atoms with van der Waals surface area (Å²) in [5.74, 6) is 0.294. The first-order valence-corrected chi connectivity index (χ1v) is 11.9. The van der Waals surface area contributed by atoms with Crippen molar-refractivity contribution in [3.63, 3.8) is 0 Å². The van der Waals surface area contributed by atoms with Gasteiger partial charge in [-0.3, -0.25) is 9.36 Å². The van der Waals surface area contributed by atoms with E-state index in [1.54, 1.807) is 36.5 Å². The molecule has 1 fully saturated rings. The van der Waals surface area contributed by atoms with Gasteiger partial charge in [-0.2, -0.15) is 5.10 Å². The molecule has 0 saturated carbocycles. The number of halogens is 2. The first kappa shape index (κ1) is 23.2. The fraction of sp³-hybridized carbons (Fsp3) is 0.280. The van der Waals surface area contributed by atoms with E-state index in [9.17, 15) is 9.18 Å². The number of imidazole rings is 1. The van der Waals surface area contributed by atoms with E-state index < -0.39 is 5.54 Å². The standard InChI is InChI=1S/C25H25ClFN7O/c1-2-29-25(24(28)35)11-13-33(14-12-25)23-21-20(15-30-32-23)34(17-9-7-16(26)8-10-17)22(31-21)18-5-3-4-6-19(18)27/h3-10,15,29H,2,11-14H2,1H3,(H2,28,35). The Morgan fingerprint density at radius 1 is 1.17 bits per heavy atom. The van der Waals surface area contributed by atoms with Crippen LogP contribution in [0.25, 0.3) is 28.1 Å². The van der Waals surface area contributed by atoms with Crippen LogP contribution in [-0.4, -0.2) is 50.8 Å². The molecule has 0 unspecified atom stereocenters. The number of carbonyl (C=O) groups is 1. The number of fused-ring (bicyclic) bond motifs is 1. The number of nitrogens with two attached hydrogens (primary N) is 1. The van der Waals surface area contributed by atoms with E-state index in [1.165, 1.54) is 6.07 Å². The van der Waals surface area contributed by atoms with Crippen molar-refractivity contribution < 1.29 is 9.18 Å². The third kappa shape index (κ3) is 4.11. The highest BCUT2D eigenvalue weighted by Crippen LogP contribution is 2.35. The van der Waals surface area contributed by atoms with E-state index in [-0.39, 0.29) is 11.7 Å². The number of piperidine rings is 1. The average Bonchev–Trinajstić information content (AvgIpc) is 3.25. The lowest BCUT2D eigenvalue weighted by atomic mass is 9.86.